The lowest BCUT2D eigenvalue weighted by Crippen LogP contribution is -2.16. The second-order valence-electron chi connectivity index (χ2n) is 6.83. The highest BCUT2D eigenvalue weighted by Crippen LogP contribution is 2.40. The second kappa shape index (κ2) is 9.58. The van der Waals surface area contributed by atoms with E-state index in [9.17, 15) is 35.5 Å². The van der Waals surface area contributed by atoms with Crippen molar-refractivity contribution in [3.05, 3.63) is 64.0 Å². The van der Waals surface area contributed by atoms with E-state index < -0.39 is 58.7 Å². The van der Waals surface area contributed by atoms with Crippen LogP contribution in [0.25, 0.3) is 0 Å². The van der Waals surface area contributed by atoms with Crippen LogP contribution in [0.5, 0.6) is 0 Å². The van der Waals surface area contributed by atoms with Crippen LogP contribution in [-0.4, -0.2) is 30.8 Å². The molecule has 0 atom stereocenters. The highest BCUT2D eigenvalue weighted by molar-refractivity contribution is 5.92. The summed E-state index contributed by atoms with van der Waals surface area (Å²) in [6.45, 7) is 2.60. The number of alkyl halides is 6. The van der Waals surface area contributed by atoms with E-state index in [2.05, 4.69) is 4.99 Å². The van der Waals surface area contributed by atoms with Crippen molar-refractivity contribution in [3.63, 3.8) is 0 Å². The van der Waals surface area contributed by atoms with E-state index in [1.807, 2.05) is 0 Å². The number of hydrogen-bond acceptors (Lipinski definition) is 3. The van der Waals surface area contributed by atoms with E-state index in [1.54, 1.807) is 18.9 Å². The third kappa shape index (κ3) is 5.98. The molecule has 0 aliphatic carbocycles. The zero-order chi connectivity index (χ0) is 24.3. The van der Waals surface area contributed by atoms with Crippen LogP contribution in [0.4, 0.5) is 36.4 Å². The van der Waals surface area contributed by atoms with Gasteiger partial charge in [0.05, 0.1) is 28.7 Å². The van der Waals surface area contributed by atoms with Gasteiger partial charge in [-0.1, -0.05) is 6.07 Å². The molecule has 32 heavy (non-hydrogen) atoms. The molecule has 2 aromatic rings. The van der Waals surface area contributed by atoms with Crippen LogP contribution in [0.15, 0.2) is 35.3 Å². The number of rotatable bonds is 6. The van der Waals surface area contributed by atoms with Crippen LogP contribution in [0.3, 0.4) is 0 Å². The van der Waals surface area contributed by atoms with Gasteiger partial charge in [0.1, 0.15) is 12.4 Å². The lowest BCUT2D eigenvalue weighted by Gasteiger charge is -2.17. The van der Waals surface area contributed by atoms with E-state index in [0.29, 0.717) is 12.6 Å². The summed E-state index contributed by atoms with van der Waals surface area (Å²) in [4.78, 5) is 17.7. The largest absolute Gasteiger partial charge is 0.457 e. The number of hydrogen-bond donors (Lipinski definition) is 0. The summed E-state index contributed by atoms with van der Waals surface area (Å²) in [5.41, 5.74) is -3.98. The van der Waals surface area contributed by atoms with Gasteiger partial charge in [0.2, 0.25) is 0 Å². The van der Waals surface area contributed by atoms with E-state index >= 15 is 0 Å². The first-order valence-electron chi connectivity index (χ1n) is 9.23. The molecular weight excluding hydrogens is 445 g/mol. The molecule has 11 heteroatoms. The molecule has 0 aliphatic heterocycles. The van der Waals surface area contributed by atoms with Crippen molar-refractivity contribution in [1.29, 1.82) is 0 Å². The molecule has 0 unspecified atom stereocenters. The molecule has 0 spiro atoms. The monoisotopic (exact) mass is 464 g/mol. The van der Waals surface area contributed by atoms with Gasteiger partial charge in [0, 0.05) is 19.2 Å². The Bertz CT molecular complexity index is 1010. The lowest BCUT2D eigenvalue weighted by atomic mass is 10.00. The Morgan fingerprint density at radius 3 is 2.28 bits per heavy atom. The molecule has 0 aromatic heterocycles. The lowest BCUT2D eigenvalue weighted by molar-refractivity contribution is -0.138. The van der Waals surface area contributed by atoms with Gasteiger partial charge in [0.15, 0.2) is 0 Å². The van der Waals surface area contributed by atoms with Crippen LogP contribution in [0, 0.1) is 12.7 Å². The maximum absolute atomic E-state index is 13.9. The second-order valence-corrected chi connectivity index (χ2v) is 6.83. The first-order chi connectivity index (χ1) is 14.8. The molecule has 0 aliphatic rings. The third-order valence-corrected chi connectivity index (χ3v) is 4.58. The zero-order valence-electron chi connectivity index (χ0n) is 17.2. The van der Waals surface area contributed by atoms with Crippen molar-refractivity contribution in [2.24, 2.45) is 4.99 Å². The van der Waals surface area contributed by atoms with Crippen molar-refractivity contribution >= 4 is 18.0 Å². The molecule has 0 radical (unpaired) electrons. The molecule has 0 N–H and O–H groups in total. The summed E-state index contributed by atoms with van der Waals surface area (Å²) in [6.07, 6.45) is -8.36. The van der Waals surface area contributed by atoms with Crippen molar-refractivity contribution in [1.82, 2.24) is 4.90 Å². The Balaban J connectivity index is 2.30. The summed E-state index contributed by atoms with van der Waals surface area (Å²) in [6, 6.07) is 3.75. The van der Waals surface area contributed by atoms with Crippen molar-refractivity contribution < 1.29 is 40.3 Å². The van der Waals surface area contributed by atoms with Crippen molar-refractivity contribution in [3.8, 4) is 0 Å². The first kappa shape index (κ1) is 25.2. The molecular formula is C21H19F7N2O2. The van der Waals surface area contributed by atoms with Crippen molar-refractivity contribution in [2.75, 3.05) is 13.6 Å². The predicted octanol–water partition coefficient (Wildman–Crippen LogP) is 6.14. The Hall–Kier alpha value is -3.11. The number of esters is 1. The Morgan fingerprint density at radius 2 is 1.75 bits per heavy atom. The summed E-state index contributed by atoms with van der Waals surface area (Å²) in [5, 5.41) is 0. The Labute approximate surface area is 179 Å². The summed E-state index contributed by atoms with van der Waals surface area (Å²) in [7, 11) is 1.62. The van der Waals surface area contributed by atoms with Gasteiger partial charge in [-0.15, -0.1) is 0 Å². The summed E-state index contributed by atoms with van der Waals surface area (Å²) >= 11 is 0. The molecule has 0 heterocycles. The molecule has 2 aromatic carbocycles. The topological polar surface area (TPSA) is 41.9 Å². The number of carbonyl (C=O) groups is 1. The Morgan fingerprint density at radius 1 is 1.09 bits per heavy atom. The van der Waals surface area contributed by atoms with Crippen LogP contribution in [0.2, 0.25) is 0 Å². The molecule has 0 fully saturated rings. The number of halogens is 7. The number of ether oxygens (including phenoxy) is 1. The SMILES string of the molecule is CCN(C)/C=N/c1ccc(C(=O)OCc2ccc(C(F)(F)F)cc2F)c(C)c1C(F)(F)F. The van der Waals surface area contributed by atoms with Gasteiger partial charge in [-0.05, 0) is 43.7 Å². The average molecular weight is 464 g/mol. The smallest absolute Gasteiger partial charge is 0.418 e. The maximum atomic E-state index is 13.9. The predicted molar refractivity (Wildman–Crippen MR) is 103 cm³/mol. The van der Waals surface area contributed by atoms with E-state index in [1.165, 1.54) is 6.34 Å². The van der Waals surface area contributed by atoms with Crippen LogP contribution < -0.4 is 0 Å². The van der Waals surface area contributed by atoms with Gasteiger partial charge in [-0.3, -0.25) is 0 Å². The van der Waals surface area contributed by atoms with Crippen LogP contribution in [-0.2, 0) is 23.7 Å². The normalized spacial score (nSPS) is 12.3. The molecule has 0 amide bonds. The minimum atomic E-state index is -4.82. The van der Waals surface area contributed by atoms with Gasteiger partial charge < -0.3 is 9.64 Å². The molecule has 2 rings (SSSR count). The highest BCUT2D eigenvalue weighted by Gasteiger charge is 2.37. The van der Waals surface area contributed by atoms with Gasteiger partial charge in [-0.25, -0.2) is 14.2 Å². The molecule has 0 saturated carbocycles. The first-order valence-corrected chi connectivity index (χ1v) is 9.23. The van der Waals surface area contributed by atoms with Crippen LogP contribution >= 0.6 is 0 Å². The van der Waals surface area contributed by atoms with E-state index in [-0.39, 0.29) is 11.6 Å². The summed E-state index contributed by atoms with van der Waals surface area (Å²) < 4.78 is 97.4. The molecule has 4 nitrogen and oxygen atoms in total. The number of benzene rings is 2. The average Bonchev–Trinajstić information content (AvgIpc) is 2.69. The fourth-order valence-corrected chi connectivity index (χ4v) is 2.69. The maximum Gasteiger partial charge on any atom is 0.418 e. The van der Waals surface area contributed by atoms with Crippen LogP contribution in [0.1, 0.15) is 39.5 Å². The fraction of sp³-hybridized carbons (Fsp3) is 0.333. The van der Waals surface area contributed by atoms with Gasteiger partial charge in [-0.2, -0.15) is 26.3 Å². The number of aliphatic imine (C=N–C) groups is 1. The molecule has 174 valence electrons. The quantitative estimate of drug-likeness (QED) is 0.223. The minimum absolute atomic E-state index is 0.246. The van der Waals surface area contributed by atoms with Gasteiger partial charge in [0.25, 0.3) is 0 Å². The van der Waals surface area contributed by atoms with E-state index in [4.69, 9.17) is 4.74 Å². The minimum Gasteiger partial charge on any atom is -0.457 e. The Kier molecular flexibility index (Phi) is 7.53. The standard InChI is InChI=1S/C21H19F7N2O2/c1-4-30(3)11-29-17-8-7-15(12(2)18(17)21(26,27)28)19(31)32-10-13-5-6-14(9-16(13)22)20(23,24)25/h5-9,11H,4,10H2,1-3H3/b29-11+. The third-order valence-electron chi connectivity index (χ3n) is 4.58. The molecule has 0 bridgehead atoms. The van der Waals surface area contributed by atoms with Crippen molar-refractivity contribution in [2.45, 2.75) is 32.8 Å². The number of carbonyl (C=O) groups excluding carboxylic acids is 1. The highest BCUT2D eigenvalue weighted by atomic mass is 19.4. The summed E-state index contributed by atoms with van der Waals surface area (Å²) in [5.74, 6) is -2.45. The van der Waals surface area contributed by atoms with Gasteiger partial charge >= 0.3 is 18.3 Å². The van der Waals surface area contributed by atoms with E-state index in [0.717, 1.165) is 25.1 Å². The number of nitrogens with zero attached hydrogens (tertiary/aromatic N) is 2. The zero-order valence-corrected chi connectivity index (χ0v) is 17.2. The molecule has 0 saturated heterocycles. The fourth-order valence-electron chi connectivity index (χ4n) is 2.69.